The first-order valence-electron chi connectivity index (χ1n) is 10.1. The van der Waals surface area contributed by atoms with Crippen molar-refractivity contribution in [3.63, 3.8) is 0 Å². The fraction of sp³-hybridized carbons (Fsp3) is 0.333. The molecule has 2 amide bonds. The van der Waals surface area contributed by atoms with Gasteiger partial charge in [0.1, 0.15) is 5.75 Å². The number of rotatable bonds is 8. The van der Waals surface area contributed by atoms with Gasteiger partial charge in [0.05, 0.1) is 23.5 Å². The van der Waals surface area contributed by atoms with Crippen LogP contribution in [0.1, 0.15) is 22.3 Å². The number of carbonyl (C=O) groups excluding carboxylic acids is 2. The lowest BCUT2D eigenvalue weighted by atomic mass is 10.1. The van der Waals surface area contributed by atoms with Crippen LogP contribution >= 0.6 is 0 Å². The van der Waals surface area contributed by atoms with Crippen LogP contribution in [0.3, 0.4) is 0 Å². The molecule has 0 radical (unpaired) electrons. The standard InChI is InChI=1S/C21H22F3N3O6S/c22-21(23,24)33-17-4-2-1-3-14(17)9-19(28)27-15-5-6-16(18(10-15)34(25,30)31)20(29)26-11-13-7-8-32-12-13/h1-6,10,13H,7-9,11-12H2,(H,26,29)(H,27,28)(H2,25,30,31). The van der Waals surface area contributed by atoms with E-state index in [2.05, 4.69) is 15.4 Å². The number of benzene rings is 2. The van der Waals surface area contributed by atoms with Crippen molar-refractivity contribution in [2.24, 2.45) is 11.1 Å². The molecule has 1 fully saturated rings. The third-order valence-electron chi connectivity index (χ3n) is 4.94. The first-order valence-corrected chi connectivity index (χ1v) is 11.6. The van der Waals surface area contributed by atoms with Crippen LogP contribution in [0.4, 0.5) is 18.9 Å². The lowest BCUT2D eigenvalue weighted by molar-refractivity contribution is -0.274. The molecule has 13 heteroatoms. The van der Waals surface area contributed by atoms with Crippen LogP contribution in [0, 0.1) is 5.92 Å². The largest absolute Gasteiger partial charge is 0.573 e. The Labute approximate surface area is 193 Å². The number of carbonyl (C=O) groups is 2. The summed E-state index contributed by atoms with van der Waals surface area (Å²) in [6, 6.07) is 8.62. The Bertz CT molecular complexity index is 1160. The van der Waals surface area contributed by atoms with E-state index in [0.717, 1.165) is 18.6 Å². The quantitative estimate of drug-likeness (QED) is 0.507. The molecule has 2 aromatic rings. The zero-order valence-corrected chi connectivity index (χ0v) is 18.5. The zero-order valence-electron chi connectivity index (χ0n) is 17.7. The van der Waals surface area contributed by atoms with E-state index in [1.807, 2.05) is 0 Å². The Morgan fingerprint density at radius 1 is 1.18 bits per heavy atom. The molecule has 34 heavy (non-hydrogen) atoms. The van der Waals surface area contributed by atoms with Crippen molar-refractivity contribution in [2.45, 2.75) is 24.1 Å². The summed E-state index contributed by atoms with van der Waals surface area (Å²) in [5.41, 5.74) is -0.247. The summed E-state index contributed by atoms with van der Waals surface area (Å²) in [6.45, 7) is 1.37. The van der Waals surface area contributed by atoms with Gasteiger partial charge in [-0.05, 0) is 30.7 Å². The number of amides is 2. The average molecular weight is 501 g/mol. The Hall–Kier alpha value is -3.16. The monoisotopic (exact) mass is 501 g/mol. The predicted molar refractivity (Wildman–Crippen MR) is 115 cm³/mol. The van der Waals surface area contributed by atoms with Crippen LogP contribution in [0.5, 0.6) is 5.75 Å². The number of nitrogens with two attached hydrogens (primary N) is 1. The van der Waals surface area contributed by atoms with Crippen molar-refractivity contribution in [1.29, 1.82) is 0 Å². The van der Waals surface area contributed by atoms with Gasteiger partial charge in [-0.3, -0.25) is 9.59 Å². The van der Waals surface area contributed by atoms with Crippen molar-refractivity contribution in [2.75, 3.05) is 25.1 Å². The predicted octanol–water partition coefficient (Wildman–Crippen LogP) is 2.18. The van der Waals surface area contributed by atoms with Gasteiger partial charge in [0, 0.05) is 30.3 Å². The molecular formula is C21H22F3N3O6S. The van der Waals surface area contributed by atoms with Crippen molar-refractivity contribution in [3.8, 4) is 5.75 Å². The number of ether oxygens (including phenoxy) is 2. The Balaban J connectivity index is 1.74. The highest BCUT2D eigenvalue weighted by atomic mass is 32.2. The van der Waals surface area contributed by atoms with Gasteiger partial charge in [0.2, 0.25) is 15.9 Å². The van der Waals surface area contributed by atoms with Crippen molar-refractivity contribution < 1.29 is 40.7 Å². The van der Waals surface area contributed by atoms with Crippen LogP contribution in [-0.4, -0.2) is 46.4 Å². The first-order chi connectivity index (χ1) is 15.9. The molecule has 4 N–H and O–H groups in total. The van der Waals surface area contributed by atoms with Gasteiger partial charge in [0.25, 0.3) is 5.91 Å². The Morgan fingerprint density at radius 2 is 1.91 bits per heavy atom. The molecule has 1 saturated heterocycles. The van der Waals surface area contributed by atoms with Crippen molar-refractivity contribution in [3.05, 3.63) is 53.6 Å². The van der Waals surface area contributed by atoms with E-state index in [-0.39, 0.29) is 22.7 Å². The van der Waals surface area contributed by atoms with E-state index < -0.39 is 45.3 Å². The molecule has 184 valence electrons. The maximum Gasteiger partial charge on any atom is 0.573 e. The van der Waals surface area contributed by atoms with Crippen LogP contribution in [0.25, 0.3) is 0 Å². The number of anilines is 1. The highest BCUT2D eigenvalue weighted by molar-refractivity contribution is 7.89. The van der Waals surface area contributed by atoms with E-state index in [1.54, 1.807) is 0 Å². The second-order valence-electron chi connectivity index (χ2n) is 7.58. The fourth-order valence-electron chi connectivity index (χ4n) is 3.35. The van der Waals surface area contributed by atoms with Gasteiger partial charge >= 0.3 is 6.36 Å². The molecule has 1 aliphatic rings. The van der Waals surface area contributed by atoms with E-state index in [4.69, 9.17) is 9.88 Å². The summed E-state index contributed by atoms with van der Waals surface area (Å²) in [6.07, 6.45) is -4.65. The molecule has 0 aliphatic carbocycles. The molecule has 0 spiro atoms. The molecule has 1 unspecified atom stereocenters. The molecular weight excluding hydrogens is 479 g/mol. The number of para-hydroxylation sites is 1. The highest BCUT2D eigenvalue weighted by Crippen LogP contribution is 2.27. The van der Waals surface area contributed by atoms with Crippen molar-refractivity contribution in [1.82, 2.24) is 5.32 Å². The smallest absolute Gasteiger partial charge is 0.405 e. The van der Waals surface area contributed by atoms with Crippen LogP contribution in [0.15, 0.2) is 47.4 Å². The lowest BCUT2D eigenvalue weighted by Crippen LogP contribution is -2.31. The van der Waals surface area contributed by atoms with E-state index in [1.165, 1.54) is 30.3 Å². The molecule has 9 nitrogen and oxygen atoms in total. The number of alkyl halides is 3. The van der Waals surface area contributed by atoms with Gasteiger partial charge < -0.3 is 20.1 Å². The van der Waals surface area contributed by atoms with E-state index in [9.17, 15) is 31.2 Å². The maximum atomic E-state index is 12.6. The normalized spacial score (nSPS) is 16.2. The minimum Gasteiger partial charge on any atom is -0.405 e. The fourth-order valence-corrected chi connectivity index (χ4v) is 4.11. The van der Waals surface area contributed by atoms with E-state index >= 15 is 0 Å². The van der Waals surface area contributed by atoms with Crippen LogP contribution < -0.4 is 20.5 Å². The van der Waals surface area contributed by atoms with Crippen LogP contribution in [0.2, 0.25) is 0 Å². The second kappa shape index (κ2) is 10.4. The van der Waals surface area contributed by atoms with Gasteiger partial charge in [-0.2, -0.15) is 0 Å². The summed E-state index contributed by atoms with van der Waals surface area (Å²) in [5, 5.41) is 10.3. The van der Waals surface area contributed by atoms with Gasteiger partial charge in [-0.15, -0.1) is 13.2 Å². The van der Waals surface area contributed by atoms with Gasteiger partial charge in [-0.1, -0.05) is 18.2 Å². The Kier molecular flexibility index (Phi) is 7.79. The number of hydrogen-bond donors (Lipinski definition) is 3. The molecule has 1 heterocycles. The molecule has 0 saturated carbocycles. The molecule has 0 bridgehead atoms. The summed E-state index contributed by atoms with van der Waals surface area (Å²) in [4.78, 5) is 24.4. The number of halogens is 3. The molecule has 1 aliphatic heterocycles. The van der Waals surface area contributed by atoms with Gasteiger partial charge in [0.15, 0.2) is 0 Å². The zero-order chi connectivity index (χ0) is 24.9. The third kappa shape index (κ3) is 7.17. The molecule has 1 atom stereocenters. The maximum absolute atomic E-state index is 12.6. The SMILES string of the molecule is NS(=O)(=O)c1cc(NC(=O)Cc2ccccc2OC(F)(F)F)ccc1C(=O)NCC1CCOC1. The highest BCUT2D eigenvalue weighted by Gasteiger charge is 2.32. The summed E-state index contributed by atoms with van der Waals surface area (Å²) < 4.78 is 71.0. The average Bonchev–Trinajstić information content (AvgIpc) is 3.25. The topological polar surface area (TPSA) is 137 Å². The molecule has 0 aromatic heterocycles. The molecule has 3 rings (SSSR count). The van der Waals surface area contributed by atoms with Gasteiger partial charge in [-0.25, -0.2) is 13.6 Å². The third-order valence-corrected chi connectivity index (χ3v) is 5.89. The number of nitrogens with one attached hydrogen (secondary N) is 2. The summed E-state index contributed by atoms with van der Waals surface area (Å²) in [5.74, 6) is -1.82. The second-order valence-corrected chi connectivity index (χ2v) is 9.11. The molecule has 2 aromatic carbocycles. The first kappa shape index (κ1) is 25.5. The van der Waals surface area contributed by atoms with E-state index in [0.29, 0.717) is 19.8 Å². The lowest BCUT2D eigenvalue weighted by Gasteiger charge is -2.14. The van der Waals surface area contributed by atoms with Crippen molar-refractivity contribution >= 4 is 27.5 Å². The summed E-state index contributed by atoms with van der Waals surface area (Å²) in [7, 11) is -4.34. The number of hydrogen-bond acceptors (Lipinski definition) is 6. The number of sulfonamides is 1. The Morgan fingerprint density at radius 3 is 2.56 bits per heavy atom. The van der Waals surface area contributed by atoms with Crippen LogP contribution in [-0.2, 0) is 26.0 Å². The summed E-state index contributed by atoms with van der Waals surface area (Å²) >= 11 is 0. The minimum atomic E-state index is -4.93. The number of primary sulfonamides is 1. The minimum absolute atomic E-state index is 0.0102.